The number of hydrogen-bond donors (Lipinski definition) is 1. The quantitative estimate of drug-likeness (QED) is 0.809. The number of nitrogens with one attached hydrogen (secondary N) is 1. The SMILES string of the molecule is CNc1nc(-c2cc(C)cc(C)c2)nc(C2CC2)c1I. The third-order valence-electron chi connectivity index (χ3n) is 3.56. The lowest BCUT2D eigenvalue weighted by atomic mass is 10.1. The maximum absolute atomic E-state index is 4.84. The molecule has 0 radical (unpaired) electrons. The summed E-state index contributed by atoms with van der Waals surface area (Å²) in [6.07, 6.45) is 2.50. The zero-order chi connectivity index (χ0) is 14.3. The number of rotatable bonds is 3. The molecule has 1 aliphatic rings. The van der Waals surface area contributed by atoms with Crippen molar-refractivity contribution in [1.29, 1.82) is 0 Å². The van der Waals surface area contributed by atoms with E-state index >= 15 is 0 Å². The normalized spacial score (nSPS) is 14.4. The van der Waals surface area contributed by atoms with Crippen LogP contribution in [0, 0.1) is 17.4 Å². The minimum absolute atomic E-state index is 0.627. The molecule has 0 amide bonds. The Kier molecular flexibility index (Phi) is 3.67. The average Bonchev–Trinajstić information content (AvgIpc) is 3.22. The Hall–Kier alpha value is -1.17. The second-order valence-corrected chi connectivity index (χ2v) is 6.57. The Labute approximate surface area is 133 Å². The van der Waals surface area contributed by atoms with Crippen LogP contribution >= 0.6 is 22.6 Å². The van der Waals surface area contributed by atoms with Crippen LogP contribution in [0.4, 0.5) is 5.82 Å². The standard InChI is InChI=1S/C16H18IN3/c1-9-6-10(2)8-12(7-9)15-19-14(11-4-5-11)13(17)16(18-3)20-15/h6-8,11H,4-5H2,1-3H3,(H,18,19,20). The first-order chi connectivity index (χ1) is 9.58. The molecule has 3 nitrogen and oxygen atoms in total. The molecule has 1 aromatic heterocycles. The molecule has 0 atom stereocenters. The van der Waals surface area contributed by atoms with Gasteiger partial charge < -0.3 is 5.32 Å². The Morgan fingerprint density at radius 3 is 2.30 bits per heavy atom. The molecule has 0 bridgehead atoms. The van der Waals surface area contributed by atoms with Gasteiger partial charge in [0.05, 0.1) is 9.26 Å². The van der Waals surface area contributed by atoms with Crippen molar-refractivity contribution >= 4 is 28.4 Å². The molecule has 1 aliphatic carbocycles. The highest BCUT2D eigenvalue weighted by atomic mass is 127. The van der Waals surface area contributed by atoms with Crippen molar-refractivity contribution in [1.82, 2.24) is 9.97 Å². The Balaban J connectivity index is 2.15. The second kappa shape index (κ2) is 5.31. The van der Waals surface area contributed by atoms with Crippen LogP contribution in [0.5, 0.6) is 0 Å². The molecule has 1 fully saturated rings. The van der Waals surface area contributed by atoms with E-state index in [-0.39, 0.29) is 0 Å². The summed E-state index contributed by atoms with van der Waals surface area (Å²) in [5.74, 6) is 2.40. The number of aromatic nitrogens is 2. The van der Waals surface area contributed by atoms with Gasteiger partial charge in [-0.05, 0) is 61.4 Å². The van der Waals surface area contributed by atoms with Gasteiger partial charge in [-0.2, -0.15) is 0 Å². The largest absolute Gasteiger partial charge is 0.372 e. The highest BCUT2D eigenvalue weighted by Crippen LogP contribution is 2.42. The summed E-state index contributed by atoms with van der Waals surface area (Å²) in [6, 6.07) is 6.49. The van der Waals surface area contributed by atoms with Crippen molar-refractivity contribution in [3.63, 3.8) is 0 Å². The van der Waals surface area contributed by atoms with Gasteiger partial charge >= 0.3 is 0 Å². The maximum Gasteiger partial charge on any atom is 0.161 e. The van der Waals surface area contributed by atoms with Crippen LogP contribution in [0.25, 0.3) is 11.4 Å². The van der Waals surface area contributed by atoms with Crippen molar-refractivity contribution in [2.45, 2.75) is 32.6 Å². The van der Waals surface area contributed by atoms with Gasteiger partial charge in [0.25, 0.3) is 0 Å². The first-order valence-corrected chi connectivity index (χ1v) is 8.00. The van der Waals surface area contributed by atoms with Crippen molar-refractivity contribution < 1.29 is 0 Å². The topological polar surface area (TPSA) is 37.8 Å². The van der Waals surface area contributed by atoms with Crippen LogP contribution in [0.3, 0.4) is 0 Å². The Morgan fingerprint density at radius 1 is 1.10 bits per heavy atom. The highest BCUT2D eigenvalue weighted by molar-refractivity contribution is 14.1. The monoisotopic (exact) mass is 379 g/mol. The van der Waals surface area contributed by atoms with E-state index in [1.54, 1.807) is 0 Å². The van der Waals surface area contributed by atoms with Gasteiger partial charge in [-0.1, -0.05) is 17.2 Å². The van der Waals surface area contributed by atoms with Crippen molar-refractivity contribution in [2.75, 3.05) is 12.4 Å². The van der Waals surface area contributed by atoms with E-state index in [1.807, 2.05) is 7.05 Å². The first kappa shape index (κ1) is 13.8. The van der Waals surface area contributed by atoms with E-state index in [9.17, 15) is 0 Å². The van der Waals surface area contributed by atoms with E-state index in [0.717, 1.165) is 17.2 Å². The second-order valence-electron chi connectivity index (χ2n) is 5.50. The minimum Gasteiger partial charge on any atom is -0.372 e. The molecule has 20 heavy (non-hydrogen) atoms. The third-order valence-corrected chi connectivity index (χ3v) is 4.62. The molecule has 2 aromatic rings. The number of hydrogen-bond acceptors (Lipinski definition) is 3. The third kappa shape index (κ3) is 2.66. The van der Waals surface area contributed by atoms with Crippen LogP contribution in [-0.2, 0) is 0 Å². The lowest BCUT2D eigenvalue weighted by Gasteiger charge is -2.11. The molecule has 0 spiro atoms. The molecule has 1 heterocycles. The molecule has 104 valence electrons. The van der Waals surface area contributed by atoms with Crippen LogP contribution in [0.15, 0.2) is 18.2 Å². The van der Waals surface area contributed by atoms with E-state index in [2.05, 4.69) is 64.9 Å². The summed E-state index contributed by atoms with van der Waals surface area (Å²) >= 11 is 2.36. The summed E-state index contributed by atoms with van der Waals surface area (Å²) in [5, 5.41) is 3.20. The number of anilines is 1. The number of halogens is 1. The van der Waals surface area contributed by atoms with Gasteiger partial charge in [-0.3, -0.25) is 0 Å². The van der Waals surface area contributed by atoms with Crippen LogP contribution in [0.2, 0.25) is 0 Å². The first-order valence-electron chi connectivity index (χ1n) is 6.92. The predicted octanol–water partition coefficient (Wildman–Crippen LogP) is 4.28. The fourth-order valence-corrected chi connectivity index (χ4v) is 3.44. The summed E-state index contributed by atoms with van der Waals surface area (Å²) in [6.45, 7) is 4.23. The van der Waals surface area contributed by atoms with E-state index in [1.165, 1.54) is 33.2 Å². The number of aryl methyl sites for hydroxylation is 2. The lowest BCUT2D eigenvalue weighted by molar-refractivity contribution is 0.978. The van der Waals surface area contributed by atoms with E-state index in [4.69, 9.17) is 4.98 Å². The van der Waals surface area contributed by atoms with E-state index in [0.29, 0.717) is 5.92 Å². The fraction of sp³-hybridized carbons (Fsp3) is 0.375. The summed E-state index contributed by atoms with van der Waals surface area (Å²) in [7, 11) is 1.92. The molecule has 0 unspecified atom stereocenters. The van der Waals surface area contributed by atoms with Crippen molar-refractivity contribution in [2.24, 2.45) is 0 Å². The van der Waals surface area contributed by atoms with Crippen molar-refractivity contribution in [3.05, 3.63) is 38.6 Å². The highest BCUT2D eigenvalue weighted by Gasteiger charge is 2.29. The number of nitrogens with zero attached hydrogens (tertiary/aromatic N) is 2. The zero-order valence-electron chi connectivity index (χ0n) is 12.0. The minimum atomic E-state index is 0.627. The maximum atomic E-state index is 4.84. The smallest absolute Gasteiger partial charge is 0.161 e. The van der Waals surface area contributed by atoms with Gasteiger partial charge in [0, 0.05) is 18.5 Å². The van der Waals surface area contributed by atoms with Crippen LogP contribution < -0.4 is 5.32 Å². The summed E-state index contributed by atoms with van der Waals surface area (Å²) in [4.78, 5) is 9.52. The van der Waals surface area contributed by atoms with Gasteiger partial charge in [-0.25, -0.2) is 9.97 Å². The molecule has 3 rings (SSSR count). The molecular weight excluding hydrogens is 361 g/mol. The fourth-order valence-electron chi connectivity index (χ4n) is 2.49. The molecule has 1 N–H and O–H groups in total. The van der Waals surface area contributed by atoms with Gasteiger partial charge in [0.2, 0.25) is 0 Å². The van der Waals surface area contributed by atoms with E-state index < -0.39 is 0 Å². The van der Waals surface area contributed by atoms with Gasteiger partial charge in [0.15, 0.2) is 5.82 Å². The Morgan fingerprint density at radius 2 is 1.75 bits per heavy atom. The van der Waals surface area contributed by atoms with Gasteiger partial charge in [-0.15, -0.1) is 0 Å². The van der Waals surface area contributed by atoms with Gasteiger partial charge in [0.1, 0.15) is 5.82 Å². The summed E-state index contributed by atoms with van der Waals surface area (Å²) < 4.78 is 1.17. The van der Waals surface area contributed by atoms with Crippen molar-refractivity contribution in [3.8, 4) is 11.4 Å². The average molecular weight is 379 g/mol. The summed E-state index contributed by atoms with van der Waals surface area (Å²) in [5.41, 5.74) is 4.82. The molecule has 0 saturated heterocycles. The molecule has 1 aromatic carbocycles. The molecule has 1 saturated carbocycles. The predicted molar refractivity (Wildman–Crippen MR) is 91.2 cm³/mol. The zero-order valence-corrected chi connectivity index (χ0v) is 14.2. The molecule has 0 aliphatic heterocycles. The molecular formula is C16H18IN3. The Bertz CT molecular complexity index is 643. The lowest BCUT2D eigenvalue weighted by Crippen LogP contribution is -2.05. The van der Waals surface area contributed by atoms with Crippen LogP contribution in [0.1, 0.15) is 35.6 Å². The van der Waals surface area contributed by atoms with Crippen LogP contribution in [-0.4, -0.2) is 17.0 Å². The number of benzene rings is 1. The molecule has 4 heteroatoms.